The van der Waals surface area contributed by atoms with Crippen LogP contribution in [0.15, 0.2) is 48.6 Å². The van der Waals surface area contributed by atoms with Gasteiger partial charge in [0.25, 0.3) is 0 Å². The van der Waals surface area contributed by atoms with Crippen molar-refractivity contribution in [2.24, 2.45) is 5.92 Å². The predicted octanol–water partition coefficient (Wildman–Crippen LogP) is 7.75. The number of hydrogen-bond donors (Lipinski definition) is 0. The van der Waals surface area contributed by atoms with Gasteiger partial charge < -0.3 is 4.74 Å². The Balaban J connectivity index is 1.71. The number of allylic oxidation sites excluding steroid dienone is 3. The first-order valence-electron chi connectivity index (χ1n) is 11.4. The van der Waals surface area contributed by atoms with Gasteiger partial charge >= 0.3 is 5.97 Å². The van der Waals surface area contributed by atoms with Gasteiger partial charge in [0.1, 0.15) is 5.75 Å². The molecule has 1 aromatic carbocycles. The standard InChI is InChI=1S/C26H38O2/c1-3-5-7-9-10-12-22-14-16-23(17-15-22)24-18-20-25(21-19-24)28-26(27)13-11-8-6-4-2/h6,8,11,13,18-23H,3-5,7,9-10,12,14-17H2,1-2H3. The van der Waals surface area contributed by atoms with Crippen LogP contribution in [-0.4, -0.2) is 5.97 Å². The molecule has 2 rings (SSSR count). The summed E-state index contributed by atoms with van der Waals surface area (Å²) in [5, 5.41) is 0. The fourth-order valence-corrected chi connectivity index (χ4v) is 4.13. The van der Waals surface area contributed by atoms with E-state index in [4.69, 9.17) is 4.74 Å². The highest BCUT2D eigenvalue weighted by molar-refractivity contribution is 5.84. The van der Waals surface area contributed by atoms with Gasteiger partial charge in [0.2, 0.25) is 0 Å². The highest BCUT2D eigenvalue weighted by Crippen LogP contribution is 2.38. The van der Waals surface area contributed by atoms with Crippen LogP contribution < -0.4 is 4.74 Å². The minimum Gasteiger partial charge on any atom is -0.423 e. The number of hydrogen-bond acceptors (Lipinski definition) is 2. The molecule has 2 heteroatoms. The van der Waals surface area contributed by atoms with E-state index in [2.05, 4.69) is 26.0 Å². The normalized spacial score (nSPS) is 20.1. The van der Waals surface area contributed by atoms with Gasteiger partial charge in [-0.1, -0.05) is 82.7 Å². The van der Waals surface area contributed by atoms with Crippen LogP contribution in [0.25, 0.3) is 0 Å². The maximum atomic E-state index is 11.8. The van der Waals surface area contributed by atoms with E-state index in [9.17, 15) is 4.79 Å². The summed E-state index contributed by atoms with van der Waals surface area (Å²) < 4.78 is 5.37. The van der Waals surface area contributed by atoms with E-state index in [1.54, 1.807) is 6.08 Å². The first-order chi connectivity index (χ1) is 13.7. The average Bonchev–Trinajstić information content (AvgIpc) is 2.72. The number of rotatable bonds is 11. The second-order valence-corrected chi connectivity index (χ2v) is 8.11. The lowest BCUT2D eigenvalue weighted by Crippen LogP contribution is -2.13. The Labute approximate surface area is 172 Å². The third-order valence-electron chi connectivity index (χ3n) is 5.85. The number of benzene rings is 1. The molecule has 0 aromatic heterocycles. The Morgan fingerprint density at radius 1 is 0.964 bits per heavy atom. The van der Waals surface area contributed by atoms with Crippen LogP contribution in [0, 0.1) is 5.92 Å². The molecule has 0 spiro atoms. The number of carbonyl (C=O) groups is 1. The van der Waals surface area contributed by atoms with Crippen LogP contribution in [0.1, 0.15) is 96.0 Å². The lowest BCUT2D eigenvalue weighted by atomic mass is 9.77. The van der Waals surface area contributed by atoms with E-state index in [0.717, 1.165) is 12.3 Å². The number of carbonyl (C=O) groups excluding carboxylic acids is 1. The highest BCUT2D eigenvalue weighted by Gasteiger charge is 2.22. The summed E-state index contributed by atoms with van der Waals surface area (Å²) in [6.07, 6.45) is 21.7. The number of unbranched alkanes of at least 4 members (excludes halogenated alkanes) is 4. The zero-order valence-electron chi connectivity index (χ0n) is 17.9. The van der Waals surface area contributed by atoms with Crippen molar-refractivity contribution in [1.29, 1.82) is 0 Å². The van der Waals surface area contributed by atoms with Crippen molar-refractivity contribution in [3.05, 3.63) is 54.1 Å². The van der Waals surface area contributed by atoms with E-state index in [1.807, 2.05) is 24.3 Å². The molecule has 0 amide bonds. The third kappa shape index (κ3) is 8.46. The fraction of sp³-hybridized carbons (Fsp3) is 0.577. The van der Waals surface area contributed by atoms with Crippen LogP contribution >= 0.6 is 0 Å². The van der Waals surface area contributed by atoms with Crippen molar-refractivity contribution in [3.63, 3.8) is 0 Å². The molecule has 0 bridgehead atoms. The Kier molecular flexibility index (Phi) is 10.7. The molecular weight excluding hydrogens is 344 g/mol. The molecule has 0 N–H and O–H groups in total. The maximum absolute atomic E-state index is 11.8. The molecule has 1 aromatic rings. The van der Waals surface area contributed by atoms with Gasteiger partial charge in [0.05, 0.1) is 0 Å². The first kappa shape index (κ1) is 22.5. The van der Waals surface area contributed by atoms with Crippen LogP contribution in [0.2, 0.25) is 0 Å². The molecule has 28 heavy (non-hydrogen) atoms. The summed E-state index contributed by atoms with van der Waals surface area (Å²) in [5.41, 5.74) is 1.39. The molecule has 0 heterocycles. The summed E-state index contributed by atoms with van der Waals surface area (Å²) in [5.74, 6) is 1.90. The number of esters is 1. The Bertz CT molecular complexity index is 604. The molecule has 1 aliphatic rings. The predicted molar refractivity (Wildman–Crippen MR) is 119 cm³/mol. The minimum absolute atomic E-state index is 0.326. The third-order valence-corrected chi connectivity index (χ3v) is 5.85. The van der Waals surface area contributed by atoms with Gasteiger partial charge in [-0.15, -0.1) is 0 Å². The van der Waals surface area contributed by atoms with E-state index in [0.29, 0.717) is 11.7 Å². The van der Waals surface area contributed by atoms with Crippen molar-refractivity contribution in [2.75, 3.05) is 0 Å². The average molecular weight is 383 g/mol. The van der Waals surface area contributed by atoms with Gasteiger partial charge in [0.15, 0.2) is 0 Å². The fourth-order valence-electron chi connectivity index (χ4n) is 4.13. The zero-order chi connectivity index (χ0) is 20.0. The van der Waals surface area contributed by atoms with Crippen molar-refractivity contribution in [2.45, 2.75) is 90.4 Å². The summed E-state index contributed by atoms with van der Waals surface area (Å²) in [6.45, 7) is 4.34. The Morgan fingerprint density at radius 2 is 1.68 bits per heavy atom. The molecule has 154 valence electrons. The monoisotopic (exact) mass is 382 g/mol. The first-order valence-corrected chi connectivity index (χ1v) is 11.4. The summed E-state index contributed by atoms with van der Waals surface area (Å²) >= 11 is 0. The quantitative estimate of drug-likeness (QED) is 0.129. The molecule has 0 aliphatic heterocycles. The van der Waals surface area contributed by atoms with Crippen molar-refractivity contribution >= 4 is 5.97 Å². The second-order valence-electron chi connectivity index (χ2n) is 8.11. The van der Waals surface area contributed by atoms with Gasteiger partial charge in [0, 0.05) is 6.08 Å². The zero-order valence-corrected chi connectivity index (χ0v) is 17.9. The van der Waals surface area contributed by atoms with Crippen LogP contribution in [-0.2, 0) is 4.79 Å². The molecule has 0 unspecified atom stereocenters. The van der Waals surface area contributed by atoms with Gasteiger partial charge in [-0.25, -0.2) is 4.79 Å². The maximum Gasteiger partial charge on any atom is 0.336 e. The van der Waals surface area contributed by atoms with E-state index >= 15 is 0 Å². The molecular formula is C26H38O2. The molecule has 1 aliphatic carbocycles. The molecule has 0 radical (unpaired) electrons. The Morgan fingerprint density at radius 3 is 2.36 bits per heavy atom. The van der Waals surface area contributed by atoms with Gasteiger partial charge in [-0.05, 0) is 61.6 Å². The minimum atomic E-state index is -0.326. The van der Waals surface area contributed by atoms with Crippen LogP contribution in [0.3, 0.4) is 0 Å². The summed E-state index contributed by atoms with van der Waals surface area (Å²) in [4.78, 5) is 11.8. The molecule has 0 saturated heterocycles. The lowest BCUT2D eigenvalue weighted by Gasteiger charge is -2.29. The summed E-state index contributed by atoms with van der Waals surface area (Å²) in [6, 6.07) is 8.14. The van der Waals surface area contributed by atoms with Crippen molar-refractivity contribution in [3.8, 4) is 5.75 Å². The lowest BCUT2D eigenvalue weighted by molar-refractivity contribution is -0.128. The molecule has 2 nitrogen and oxygen atoms in total. The molecule has 0 atom stereocenters. The van der Waals surface area contributed by atoms with E-state index in [1.165, 1.54) is 75.8 Å². The van der Waals surface area contributed by atoms with Gasteiger partial charge in [-0.2, -0.15) is 0 Å². The SMILES string of the molecule is CCC=CC=CC(=O)Oc1ccc(C2CCC(CCCCCCC)CC2)cc1. The smallest absolute Gasteiger partial charge is 0.336 e. The molecule has 1 saturated carbocycles. The van der Waals surface area contributed by atoms with E-state index < -0.39 is 0 Å². The van der Waals surface area contributed by atoms with E-state index in [-0.39, 0.29) is 5.97 Å². The summed E-state index contributed by atoms with van der Waals surface area (Å²) in [7, 11) is 0. The largest absolute Gasteiger partial charge is 0.423 e. The van der Waals surface area contributed by atoms with Gasteiger partial charge in [-0.3, -0.25) is 0 Å². The Hall–Kier alpha value is -1.83. The number of ether oxygens (including phenoxy) is 1. The van der Waals surface area contributed by atoms with Crippen molar-refractivity contribution < 1.29 is 9.53 Å². The van der Waals surface area contributed by atoms with Crippen LogP contribution in [0.5, 0.6) is 5.75 Å². The molecule has 1 fully saturated rings. The second kappa shape index (κ2) is 13.4. The van der Waals surface area contributed by atoms with Crippen LogP contribution in [0.4, 0.5) is 0 Å². The topological polar surface area (TPSA) is 26.3 Å². The highest BCUT2D eigenvalue weighted by atomic mass is 16.5. The van der Waals surface area contributed by atoms with Crippen molar-refractivity contribution in [1.82, 2.24) is 0 Å².